The van der Waals surface area contributed by atoms with Crippen molar-refractivity contribution >= 4 is 5.97 Å². The van der Waals surface area contributed by atoms with Crippen molar-refractivity contribution in [3.05, 3.63) is 41.7 Å². The van der Waals surface area contributed by atoms with Gasteiger partial charge in [-0.25, -0.2) is 4.79 Å². The summed E-state index contributed by atoms with van der Waals surface area (Å²) in [5.74, 6) is 1.09. The van der Waals surface area contributed by atoms with Gasteiger partial charge in [0.2, 0.25) is 0 Å². The van der Waals surface area contributed by atoms with E-state index in [4.69, 9.17) is 4.74 Å². The highest BCUT2D eigenvalue weighted by Gasteiger charge is 2.25. The summed E-state index contributed by atoms with van der Waals surface area (Å²) in [5, 5.41) is 14.0. The highest BCUT2D eigenvalue weighted by molar-refractivity contribution is 5.89. The number of hydrogen-bond acceptors (Lipinski definition) is 5. The summed E-state index contributed by atoms with van der Waals surface area (Å²) in [6.45, 7) is 0. The molecule has 1 fully saturated rings. The van der Waals surface area contributed by atoms with Gasteiger partial charge in [0.15, 0.2) is 5.82 Å². The Balaban J connectivity index is 1.46. The zero-order valence-corrected chi connectivity index (χ0v) is 11.7. The van der Waals surface area contributed by atoms with Crippen LogP contribution in [0.3, 0.4) is 0 Å². The first-order valence-corrected chi connectivity index (χ1v) is 7.29. The van der Waals surface area contributed by atoms with E-state index in [1.165, 1.54) is 0 Å². The normalized spacial score (nSPS) is 21.9. The van der Waals surface area contributed by atoms with Crippen molar-refractivity contribution in [3.63, 3.8) is 0 Å². The Morgan fingerprint density at radius 2 is 1.95 bits per heavy atom. The minimum atomic E-state index is -0.225. The van der Waals surface area contributed by atoms with E-state index in [2.05, 4.69) is 20.6 Å². The Morgan fingerprint density at radius 3 is 2.62 bits per heavy atom. The van der Waals surface area contributed by atoms with E-state index in [1.807, 2.05) is 18.2 Å². The molecule has 1 aromatic heterocycles. The summed E-state index contributed by atoms with van der Waals surface area (Å²) in [5.41, 5.74) is 0.617. The molecule has 0 bridgehead atoms. The van der Waals surface area contributed by atoms with Crippen molar-refractivity contribution in [2.75, 3.05) is 0 Å². The van der Waals surface area contributed by atoms with Crippen LogP contribution < -0.4 is 0 Å². The van der Waals surface area contributed by atoms with Crippen molar-refractivity contribution in [2.45, 2.75) is 38.2 Å². The van der Waals surface area contributed by atoms with Crippen molar-refractivity contribution < 1.29 is 9.53 Å². The molecular weight excluding hydrogens is 268 g/mol. The maximum absolute atomic E-state index is 12.0. The average Bonchev–Trinajstić information content (AvgIpc) is 3.03. The van der Waals surface area contributed by atoms with E-state index in [0.717, 1.165) is 37.9 Å². The Kier molecular flexibility index (Phi) is 4.23. The molecular formula is C15H18N4O2. The van der Waals surface area contributed by atoms with Gasteiger partial charge in [0.1, 0.15) is 6.10 Å². The number of tetrazole rings is 1. The fourth-order valence-electron chi connectivity index (χ4n) is 2.77. The van der Waals surface area contributed by atoms with Crippen molar-refractivity contribution in [1.29, 1.82) is 0 Å². The van der Waals surface area contributed by atoms with Crippen LogP contribution in [0.1, 0.15) is 41.9 Å². The molecule has 0 radical (unpaired) electrons. The molecule has 110 valence electrons. The molecule has 2 aromatic rings. The zero-order valence-electron chi connectivity index (χ0n) is 11.7. The molecule has 0 spiro atoms. The van der Waals surface area contributed by atoms with E-state index < -0.39 is 0 Å². The minimum absolute atomic E-state index is 0.0271. The fraction of sp³-hybridized carbons (Fsp3) is 0.467. The molecule has 0 unspecified atom stereocenters. The molecule has 1 aliphatic rings. The highest BCUT2D eigenvalue weighted by Crippen LogP contribution is 2.28. The fourth-order valence-corrected chi connectivity index (χ4v) is 2.77. The number of aromatic nitrogens is 4. The summed E-state index contributed by atoms with van der Waals surface area (Å²) < 4.78 is 5.57. The second-order valence-electron chi connectivity index (χ2n) is 5.45. The van der Waals surface area contributed by atoms with Crippen molar-refractivity contribution in [3.8, 4) is 0 Å². The SMILES string of the molecule is O=C(OC1CCC(Cc2nn[nH]n2)CC1)c1ccccc1. The molecule has 1 aliphatic carbocycles. The first kappa shape index (κ1) is 13.7. The van der Waals surface area contributed by atoms with Gasteiger partial charge in [-0.1, -0.05) is 23.4 Å². The number of esters is 1. The molecule has 6 heteroatoms. The highest BCUT2D eigenvalue weighted by atomic mass is 16.5. The predicted octanol–water partition coefficient (Wildman–Crippen LogP) is 2.16. The first-order chi connectivity index (χ1) is 10.3. The summed E-state index contributed by atoms with van der Waals surface area (Å²) >= 11 is 0. The predicted molar refractivity (Wildman–Crippen MR) is 75.5 cm³/mol. The van der Waals surface area contributed by atoms with Crippen LogP contribution in [0.15, 0.2) is 30.3 Å². The van der Waals surface area contributed by atoms with Gasteiger partial charge < -0.3 is 4.74 Å². The molecule has 6 nitrogen and oxygen atoms in total. The van der Waals surface area contributed by atoms with Gasteiger partial charge in [-0.05, 0) is 43.7 Å². The van der Waals surface area contributed by atoms with Crippen molar-refractivity contribution in [1.82, 2.24) is 20.6 Å². The number of aromatic amines is 1. The van der Waals surface area contributed by atoms with Gasteiger partial charge in [-0.3, -0.25) is 0 Å². The molecule has 1 saturated carbocycles. The number of H-pyrrole nitrogens is 1. The monoisotopic (exact) mass is 286 g/mol. The second-order valence-corrected chi connectivity index (χ2v) is 5.45. The molecule has 1 N–H and O–H groups in total. The molecule has 0 amide bonds. The Morgan fingerprint density at radius 1 is 1.19 bits per heavy atom. The Bertz CT molecular complexity index is 563. The number of nitrogens with zero attached hydrogens (tertiary/aromatic N) is 3. The summed E-state index contributed by atoms with van der Waals surface area (Å²) in [6, 6.07) is 9.14. The summed E-state index contributed by atoms with van der Waals surface area (Å²) in [6.07, 6.45) is 4.74. The van der Waals surface area contributed by atoms with Gasteiger partial charge in [-0.2, -0.15) is 5.21 Å². The number of ether oxygens (including phenoxy) is 1. The van der Waals surface area contributed by atoms with Gasteiger partial charge in [0, 0.05) is 6.42 Å². The molecule has 1 aromatic carbocycles. The lowest BCUT2D eigenvalue weighted by molar-refractivity contribution is 0.0165. The maximum Gasteiger partial charge on any atom is 0.338 e. The standard InChI is InChI=1S/C15H18N4O2/c20-15(12-4-2-1-3-5-12)21-13-8-6-11(7-9-13)10-14-16-18-19-17-14/h1-5,11,13H,6-10H2,(H,16,17,18,19). The number of benzene rings is 1. The van der Waals surface area contributed by atoms with E-state index in [1.54, 1.807) is 12.1 Å². The third-order valence-corrected chi connectivity index (χ3v) is 3.94. The van der Waals surface area contributed by atoms with Crippen LogP contribution in [-0.4, -0.2) is 32.7 Å². The van der Waals surface area contributed by atoms with Crippen molar-refractivity contribution in [2.24, 2.45) is 5.92 Å². The lowest BCUT2D eigenvalue weighted by Gasteiger charge is -2.27. The van der Waals surface area contributed by atoms with Gasteiger partial charge in [0.25, 0.3) is 0 Å². The van der Waals surface area contributed by atoms with E-state index >= 15 is 0 Å². The summed E-state index contributed by atoms with van der Waals surface area (Å²) in [7, 11) is 0. The third-order valence-electron chi connectivity index (χ3n) is 3.94. The largest absolute Gasteiger partial charge is 0.459 e. The number of rotatable bonds is 4. The smallest absolute Gasteiger partial charge is 0.338 e. The molecule has 0 aliphatic heterocycles. The lowest BCUT2D eigenvalue weighted by atomic mass is 9.85. The zero-order chi connectivity index (χ0) is 14.5. The average molecular weight is 286 g/mol. The van der Waals surface area contributed by atoms with Crippen LogP contribution in [-0.2, 0) is 11.2 Å². The molecule has 1 heterocycles. The molecule has 21 heavy (non-hydrogen) atoms. The lowest BCUT2D eigenvalue weighted by Crippen LogP contribution is -2.25. The minimum Gasteiger partial charge on any atom is -0.459 e. The number of nitrogens with one attached hydrogen (secondary N) is 1. The van der Waals surface area contributed by atoms with Crippen LogP contribution >= 0.6 is 0 Å². The van der Waals surface area contributed by atoms with E-state index in [-0.39, 0.29) is 12.1 Å². The number of hydrogen-bond donors (Lipinski definition) is 1. The number of carbonyl (C=O) groups excluding carboxylic acids is 1. The topological polar surface area (TPSA) is 80.8 Å². The molecule has 0 saturated heterocycles. The Hall–Kier alpha value is -2.24. The van der Waals surface area contributed by atoms with Gasteiger partial charge in [-0.15, -0.1) is 10.2 Å². The van der Waals surface area contributed by atoms with Crippen LogP contribution in [0.2, 0.25) is 0 Å². The molecule has 0 atom stereocenters. The summed E-state index contributed by atoms with van der Waals surface area (Å²) in [4.78, 5) is 12.0. The quantitative estimate of drug-likeness (QED) is 0.871. The van der Waals surface area contributed by atoms with Crippen LogP contribution in [0.4, 0.5) is 0 Å². The van der Waals surface area contributed by atoms with Crippen LogP contribution in [0.5, 0.6) is 0 Å². The van der Waals surface area contributed by atoms with Crippen LogP contribution in [0.25, 0.3) is 0 Å². The molecule has 3 rings (SSSR count). The maximum atomic E-state index is 12.0. The first-order valence-electron chi connectivity index (χ1n) is 7.29. The second kappa shape index (κ2) is 6.47. The van der Waals surface area contributed by atoms with Gasteiger partial charge in [0.05, 0.1) is 5.56 Å². The third kappa shape index (κ3) is 3.65. The number of carbonyl (C=O) groups is 1. The van der Waals surface area contributed by atoms with Gasteiger partial charge >= 0.3 is 5.97 Å². The van der Waals surface area contributed by atoms with E-state index in [0.29, 0.717) is 11.5 Å². The van der Waals surface area contributed by atoms with Crippen LogP contribution in [0, 0.1) is 5.92 Å². The Labute approximate surface area is 122 Å². The van der Waals surface area contributed by atoms with E-state index in [9.17, 15) is 4.79 Å².